The van der Waals surface area contributed by atoms with E-state index in [-0.39, 0.29) is 11.4 Å². The summed E-state index contributed by atoms with van der Waals surface area (Å²) in [6.45, 7) is 2.00. The highest BCUT2D eigenvalue weighted by Gasteiger charge is 2.17. The first-order chi connectivity index (χ1) is 11.9. The first kappa shape index (κ1) is 19.1. The first-order valence-electron chi connectivity index (χ1n) is 7.76. The van der Waals surface area contributed by atoms with Gasteiger partial charge in [-0.2, -0.15) is 0 Å². The van der Waals surface area contributed by atoms with Crippen molar-refractivity contribution < 1.29 is 22.6 Å². The highest BCUT2D eigenvalue weighted by molar-refractivity contribution is 7.89. The van der Waals surface area contributed by atoms with Gasteiger partial charge in [-0.3, -0.25) is 0 Å². The van der Waals surface area contributed by atoms with Crippen LogP contribution >= 0.6 is 0 Å². The molecule has 0 fully saturated rings. The van der Waals surface area contributed by atoms with E-state index >= 15 is 0 Å². The molecule has 0 bridgehead atoms. The fourth-order valence-corrected chi connectivity index (χ4v) is 3.76. The molecule has 0 saturated heterocycles. The summed E-state index contributed by atoms with van der Waals surface area (Å²) in [6, 6.07) is 10.3. The molecule has 0 heterocycles. The van der Waals surface area contributed by atoms with Crippen LogP contribution < -0.4 is 18.9 Å². The van der Waals surface area contributed by atoms with Crippen LogP contribution in [0, 0.1) is 6.92 Å². The summed E-state index contributed by atoms with van der Waals surface area (Å²) in [5.74, 6) is 1.98. The molecule has 25 heavy (non-hydrogen) atoms. The molecule has 0 aliphatic carbocycles. The van der Waals surface area contributed by atoms with Gasteiger partial charge in [0.1, 0.15) is 17.2 Å². The third-order valence-corrected chi connectivity index (χ3v) is 5.47. The summed E-state index contributed by atoms with van der Waals surface area (Å²) in [5, 5.41) is 0. The number of nitrogens with one attached hydrogen (secondary N) is 1. The molecule has 0 amide bonds. The van der Waals surface area contributed by atoms with Crippen molar-refractivity contribution in [3.63, 3.8) is 0 Å². The van der Waals surface area contributed by atoms with Crippen molar-refractivity contribution >= 4 is 10.0 Å². The van der Waals surface area contributed by atoms with Crippen molar-refractivity contribution in [2.45, 2.75) is 18.2 Å². The molecule has 0 radical (unpaired) electrons. The summed E-state index contributed by atoms with van der Waals surface area (Å²) < 4.78 is 43.2. The van der Waals surface area contributed by atoms with E-state index < -0.39 is 10.0 Å². The van der Waals surface area contributed by atoms with Crippen LogP contribution in [-0.4, -0.2) is 36.3 Å². The zero-order chi connectivity index (χ0) is 18.4. The third kappa shape index (κ3) is 4.64. The number of ether oxygens (including phenoxy) is 3. The fourth-order valence-electron chi connectivity index (χ4n) is 2.51. The number of sulfonamides is 1. The van der Waals surface area contributed by atoms with Gasteiger partial charge in [-0.05, 0) is 48.7 Å². The highest BCUT2D eigenvalue weighted by atomic mass is 32.2. The predicted octanol–water partition coefficient (Wildman–Crippen LogP) is 2.54. The van der Waals surface area contributed by atoms with Gasteiger partial charge in [0.25, 0.3) is 0 Å². The molecule has 0 aliphatic rings. The number of hydrogen-bond acceptors (Lipinski definition) is 5. The van der Waals surface area contributed by atoms with Crippen LogP contribution in [0.25, 0.3) is 0 Å². The van der Waals surface area contributed by atoms with Gasteiger partial charge in [0.2, 0.25) is 10.0 Å². The van der Waals surface area contributed by atoms with Crippen molar-refractivity contribution in [2.75, 3.05) is 27.9 Å². The zero-order valence-electron chi connectivity index (χ0n) is 14.8. The Morgan fingerprint density at radius 3 is 2.16 bits per heavy atom. The van der Waals surface area contributed by atoms with E-state index in [0.717, 1.165) is 5.56 Å². The van der Waals surface area contributed by atoms with E-state index in [1.54, 1.807) is 52.5 Å². The fraction of sp³-hybridized carbons (Fsp3) is 0.333. The Bertz CT molecular complexity index is 833. The second-order valence-corrected chi connectivity index (χ2v) is 7.19. The number of benzene rings is 2. The van der Waals surface area contributed by atoms with E-state index in [0.29, 0.717) is 29.2 Å². The second-order valence-electron chi connectivity index (χ2n) is 5.46. The van der Waals surface area contributed by atoms with Crippen LogP contribution in [0.2, 0.25) is 0 Å². The van der Waals surface area contributed by atoms with Crippen molar-refractivity contribution in [2.24, 2.45) is 0 Å². The van der Waals surface area contributed by atoms with Gasteiger partial charge in [0.05, 0.1) is 26.2 Å². The minimum absolute atomic E-state index is 0.245. The van der Waals surface area contributed by atoms with E-state index in [9.17, 15) is 8.42 Å². The molecule has 0 atom stereocenters. The minimum atomic E-state index is -3.59. The van der Waals surface area contributed by atoms with Crippen molar-refractivity contribution in [1.29, 1.82) is 0 Å². The van der Waals surface area contributed by atoms with E-state index in [1.165, 1.54) is 0 Å². The van der Waals surface area contributed by atoms with Crippen molar-refractivity contribution in [3.8, 4) is 17.2 Å². The number of rotatable bonds is 8. The van der Waals surface area contributed by atoms with Crippen LogP contribution in [0.1, 0.15) is 11.1 Å². The summed E-state index contributed by atoms with van der Waals surface area (Å²) in [6.07, 6.45) is 0.502. The van der Waals surface area contributed by atoms with Crippen LogP contribution in [0.3, 0.4) is 0 Å². The van der Waals surface area contributed by atoms with Gasteiger partial charge in [-0.15, -0.1) is 0 Å². The van der Waals surface area contributed by atoms with Crippen LogP contribution in [0.15, 0.2) is 41.3 Å². The number of hydrogen-bond donors (Lipinski definition) is 1. The van der Waals surface area contributed by atoms with Crippen molar-refractivity contribution in [1.82, 2.24) is 4.72 Å². The molecule has 0 aliphatic heterocycles. The Morgan fingerprint density at radius 1 is 0.920 bits per heavy atom. The summed E-state index contributed by atoms with van der Waals surface area (Å²) in [4.78, 5) is 0.245. The van der Waals surface area contributed by atoms with E-state index in [4.69, 9.17) is 14.2 Å². The highest BCUT2D eigenvalue weighted by Crippen LogP contribution is 2.25. The smallest absolute Gasteiger partial charge is 0.240 e. The Kier molecular flexibility index (Phi) is 6.27. The first-order valence-corrected chi connectivity index (χ1v) is 9.25. The molecule has 2 rings (SSSR count). The quantitative estimate of drug-likeness (QED) is 0.778. The molecule has 136 valence electrons. The topological polar surface area (TPSA) is 73.9 Å². The Balaban J connectivity index is 2.08. The Morgan fingerprint density at radius 2 is 1.56 bits per heavy atom. The number of methoxy groups -OCH3 is 3. The standard InChI is InChI=1S/C18H23NO5S/c1-13-11-15(22-2)7-8-18(13)25(20,21)19-10-9-14-5-6-16(23-3)12-17(14)24-4/h5-8,11-12,19H,9-10H2,1-4H3. The van der Waals surface area contributed by atoms with E-state index in [1.807, 2.05) is 12.1 Å². The maximum atomic E-state index is 12.5. The Hall–Kier alpha value is -2.25. The third-order valence-electron chi connectivity index (χ3n) is 3.85. The molecular weight excluding hydrogens is 342 g/mol. The van der Waals surface area contributed by atoms with Crippen LogP contribution in [0.5, 0.6) is 17.2 Å². The maximum Gasteiger partial charge on any atom is 0.240 e. The average Bonchev–Trinajstić information content (AvgIpc) is 2.61. The molecule has 6 nitrogen and oxygen atoms in total. The lowest BCUT2D eigenvalue weighted by molar-refractivity contribution is 0.391. The molecule has 1 N–H and O–H groups in total. The molecule has 2 aromatic carbocycles. The monoisotopic (exact) mass is 365 g/mol. The second kappa shape index (κ2) is 8.22. The lowest BCUT2D eigenvalue weighted by Crippen LogP contribution is -2.26. The van der Waals surface area contributed by atoms with Gasteiger partial charge >= 0.3 is 0 Å². The van der Waals surface area contributed by atoms with Crippen LogP contribution in [-0.2, 0) is 16.4 Å². The molecule has 0 spiro atoms. The molecule has 0 unspecified atom stereocenters. The molecular formula is C18H23NO5S. The molecule has 0 saturated carbocycles. The van der Waals surface area contributed by atoms with E-state index in [2.05, 4.69) is 4.72 Å². The van der Waals surface area contributed by atoms with Gasteiger partial charge in [0, 0.05) is 12.6 Å². The zero-order valence-corrected chi connectivity index (χ0v) is 15.6. The number of aryl methyl sites for hydroxylation is 1. The lowest BCUT2D eigenvalue weighted by atomic mass is 10.1. The van der Waals surface area contributed by atoms with Gasteiger partial charge < -0.3 is 14.2 Å². The molecule has 7 heteroatoms. The van der Waals surface area contributed by atoms with Gasteiger partial charge in [0.15, 0.2) is 0 Å². The molecule has 2 aromatic rings. The molecule has 0 aromatic heterocycles. The van der Waals surface area contributed by atoms with Gasteiger partial charge in [-0.1, -0.05) is 6.07 Å². The summed E-state index contributed by atoms with van der Waals surface area (Å²) in [7, 11) is 1.11. The maximum absolute atomic E-state index is 12.5. The van der Waals surface area contributed by atoms with Crippen molar-refractivity contribution in [3.05, 3.63) is 47.5 Å². The predicted molar refractivity (Wildman–Crippen MR) is 96.2 cm³/mol. The normalized spacial score (nSPS) is 11.2. The largest absolute Gasteiger partial charge is 0.497 e. The van der Waals surface area contributed by atoms with Gasteiger partial charge in [-0.25, -0.2) is 13.1 Å². The van der Waals surface area contributed by atoms with Crippen LogP contribution in [0.4, 0.5) is 0 Å². The lowest BCUT2D eigenvalue weighted by Gasteiger charge is -2.12. The SMILES string of the molecule is COc1ccc(S(=O)(=O)NCCc2ccc(OC)cc2OC)c(C)c1. The Labute approximate surface area is 148 Å². The average molecular weight is 365 g/mol. The minimum Gasteiger partial charge on any atom is -0.497 e. The summed E-state index contributed by atoms with van der Waals surface area (Å²) >= 11 is 0. The summed E-state index contributed by atoms with van der Waals surface area (Å²) in [5.41, 5.74) is 1.53.